The Morgan fingerprint density at radius 2 is 1.68 bits per heavy atom. The summed E-state index contributed by atoms with van der Waals surface area (Å²) >= 11 is 0. The molecule has 3 aromatic rings. The van der Waals surface area contributed by atoms with Crippen LogP contribution in [0.4, 0.5) is 17.2 Å². The van der Waals surface area contributed by atoms with Gasteiger partial charge in [-0.25, -0.2) is 9.97 Å². The maximum Gasteiger partial charge on any atom is 0.163 e. The monoisotopic (exact) mass is 337 g/mol. The zero-order valence-electron chi connectivity index (χ0n) is 14.9. The molecule has 1 N–H and O–H groups in total. The van der Waals surface area contributed by atoms with E-state index in [1.54, 1.807) is 11.0 Å². The molecule has 25 heavy (non-hydrogen) atoms. The first-order valence-corrected chi connectivity index (χ1v) is 8.57. The summed E-state index contributed by atoms with van der Waals surface area (Å²) < 4.78 is 1.79. The minimum absolute atomic E-state index is 0.794. The van der Waals surface area contributed by atoms with Gasteiger partial charge in [-0.2, -0.15) is 5.10 Å². The number of rotatable bonds is 3. The highest BCUT2D eigenvalue weighted by atomic mass is 15.3. The van der Waals surface area contributed by atoms with E-state index in [9.17, 15) is 0 Å². The van der Waals surface area contributed by atoms with E-state index in [0.29, 0.717) is 0 Å². The van der Waals surface area contributed by atoms with Crippen LogP contribution in [0.2, 0.25) is 0 Å². The van der Waals surface area contributed by atoms with E-state index in [1.165, 1.54) is 5.69 Å². The Bertz CT molecular complexity index is 876. The third-order valence-electron chi connectivity index (χ3n) is 4.79. The van der Waals surface area contributed by atoms with Crippen LogP contribution in [0.25, 0.3) is 11.0 Å². The Kier molecular flexibility index (Phi) is 4.01. The second-order valence-corrected chi connectivity index (χ2v) is 6.59. The smallest absolute Gasteiger partial charge is 0.163 e. The maximum atomic E-state index is 4.44. The summed E-state index contributed by atoms with van der Waals surface area (Å²) in [7, 11) is 4.07. The Morgan fingerprint density at radius 3 is 2.40 bits per heavy atom. The highest BCUT2D eigenvalue weighted by Crippen LogP contribution is 2.26. The minimum atomic E-state index is 0.794. The molecule has 1 saturated heterocycles. The Labute approximate surface area is 147 Å². The lowest BCUT2D eigenvalue weighted by Crippen LogP contribution is -2.44. The molecule has 1 fully saturated rings. The average molecular weight is 337 g/mol. The number of piperazine rings is 1. The Morgan fingerprint density at radius 1 is 0.960 bits per heavy atom. The molecule has 0 atom stereocenters. The highest BCUT2D eigenvalue weighted by molar-refractivity contribution is 5.90. The molecule has 0 amide bonds. The molecule has 1 aromatic carbocycles. The van der Waals surface area contributed by atoms with Crippen LogP contribution in [0.3, 0.4) is 0 Å². The van der Waals surface area contributed by atoms with E-state index in [2.05, 4.69) is 61.5 Å². The number of nitrogens with one attached hydrogen (secondary N) is 1. The molecule has 1 aliphatic rings. The first-order valence-electron chi connectivity index (χ1n) is 8.57. The van der Waals surface area contributed by atoms with Crippen LogP contribution in [0.15, 0.2) is 30.6 Å². The topological polar surface area (TPSA) is 62.1 Å². The fourth-order valence-electron chi connectivity index (χ4n) is 3.33. The molecule has 0 spiro atoms. The van der Waals surface area contributed by atoms with Gasteiger partial charge in [-0.15, -0.1) is 0 Å². The molecule has 2 aromatic heterocycles. The van der Waals surface area contributed by atoms with Gasteiger partial charge < -0.3 is 15.1 Å². The third kappa shape index (κ3) is 3.02. The summed E-state index contributed by atoms with van der Waals surface area (Å²) in [5.41, 5.74) is 4.05. The Hall–Kier alpha value is -2.67. The standard InChI is InChI=1S/C18H23N7/c1-13-16-17(19-12-20-18(16)24(3)22-13)21-14-4-6-15(7-5-14)25-10-8-23(2)9-11-25/h4-7,12H,8-11H2,1-3H3,(H,19,20,21). The first kappa shape index (κ1) is 15.8. The fourth-order valence-corrected chi connectivity index (χ4v) is 3.33. The van der Waals surface area contributed by atoms with Crippen molar-refractivity contribution in [2.24, 2.45) is 7.05 Å². The molecule has 7 nitrogen and oxygen atoms in total. The van der Waals surface area contributed by atoms with Crippen molar-refractivity contribution in [3.63, 3.8) is 0 Å². The second-order valence-electron chi connectivity index (χ2n) is 6.59. The molecule has 0 saturated carbocycles. The van der Waals surface area contributed by atoms with E-state index >= 15 is 0 Å². The predicted octanol–water partition coefficient (Wildman–Crippen LogP) is 2.17. The number of nitrogens with zero attached hydrogens (tertiary/aromatic N) is 6. The van der Waals surface area contributed by atoms with Crippen LogP contribution >= 0.6 is 0 Å². The van der Waals surface area contributed by atoms with Crippen LogP contribution in [0, 0.1) is 6.92 Å². The first-order chi connectivity index (χ1) is 12.1. The van der Waals surface area contributed by atoms with Crippen molar-refractivity contribution < 1.29 is 0 Å². The van der Waals surface area contributed by atoms with Crippen LogP contribution < -0.4 is 10.2 Å². The summed E-state index contributed by atoms with van der Waals surface area (Å²) in [4.78, 5) is 13.5. The Balaban J connectivity index is 1.56. The van der Waals surface area contributed by atoms with Crippen LogP contribution in [-0.4, -0.2) is 57.9 Å². The summed E-state index contributed by atoms with van der Waals surface area (Å²) in [5, 5.41) is 8.81. The molecule has 130 valence electrons. The van der Waals surface area contributed by atoms with Gasteiger partial charge in [-0.3, -0.25) is 4.68 Å². The van der Waals surface area contributed by atoms with Gasteiger partial charge in [0.25, 0.3) is 0 Å². The summed E-state index contributed by atoms with van der Waals surface area (Å²) in [6, 6.07) is 8.55. The van der Waals surface area contributed by atoms with Crippen molar-refractivity contribution in [2.45, 2.75) is 6.92 Å². The number of aryl methyl sites for hydroxylation is 2. The molecule has 0 radical (unpaired) electrons. The minimum Gasteiger partial charge on any atom is -0.369 e. The SMILES string of the molecule is Cc1nn(C)c2ncnc(Nc3ccc(N4CCN(C)CC4)cc3)c12. The number of aromatic nitrogens is 4. The van der Waals surface area contributed by atoms with E-state index in [-0.39, 0.29) is 0 Å². The van der Waals surface area contributed by atoms with Crippen molar-refractivity contribution in [3.05, 3.63) is 36.3 Å². The predicted molar refractivity (Wildman–Crippen MR) is 100 cm³/mol. The lowest BCUT2D eigenvalue weighted by molar-refractivity contribution is 0.313. The van der Waals surface area contributed by atoms with Gasteiger partial charge >= 0.3 is 0 Å². The molecule has 4 rings (SSSR count). The molecular weight excluding hydrogens is 314 g/mol. The van der Waals surface area contributed by atoms with E-state index < -0.39 is 0 Å². The number of fused-ring (bicyclic) bond motifs is 1. The van der Waals surface area contributed by atoms with Crippen LogP contribution in [-0.2, 0) is 7.05 Å². The normalized spacial score (nSPS) is 15.7. The fraction of sp³-hybridized carbons (Fsp3) is 0.389. The molecule has 1 aliphatic heterocycles. The van der Waals surface area contributed by atoms with Gasteiger partial charge in [-0.05, 0) is 38.2 Å². The molecule has 0 unspecified atom stereocenters. The largest absolute Gasteiger partial charge is 0.369 e. The quantitative estimate of drug-likeness (QED) is 0.790. The molecule has 0 bridgehead atoms. The highest BCUT2D eigenvalue weighted by Gasteiger charge is 2.15. The van der Waals surface area contributed by atoms with Crippen molar-refractivity contribution in [2.75, 3.05) is 43.4 Å². The van der Waals surface area contributed by atoms with Crippen molar-refractivity contribution in [1.82, 2.24) is 24.6 Å². The van der Waals surface area contributed by atoms with Crippen molar-refractivity contribution in [3.8, 4) is 0 Å². The number of likely N-dealkylation sites (N-methyl/N-ethyl adjacent to an activating group) is 1. The molecule has 0 aliphatic carbocycles. The lowest BCUT2D eigenvalue weighted by atomic mass is 10.2. The number of benzene rings is 1. The van der Waals surface area contributed by atoms with E-state index in [0.717, 1.165) is 54.4 Å². The van der Waals surface area contributed by atoms with Crippen LogP contribution in [0.1, 0.15) is 5.69 Å². The number of hydrogen-bond donors (Lipinski definition) is 1. The zero-order chi connectivity index (χ0) is 17.4. The summed E-state index contributed by atoms with van der Waals surface area (Å²) in [5.74, 6) is 0.794. The molecular formula is C18H23N7. The zero-order valence-corrected chi connectivity index (χ0v) is 14.9. The van der Waals surface area contributed by atoms with Gasteiger partial charge in [-0.1, -0.05) is 0 Å². The number of hydrogen-bond acceptors (Lipinski definition) is 6. The van der Waals surface area contributed by atoms with Crippen LogP contribution in [0.5, 0.6) is 0 Å². The summed E-state index contributed by atoms with van der Waals surface area (Å²) in [6.45, 7) is 6.35. The summed E-state index contributed by atoms with van der Waals surface area (Å²) in [6.07, 6.45) is 1.57. The lowest BCUT2D eigenvalue weighted by Gasteiger charge is -2.34. The van der Waals surface area contributed by atoms with E-state index in [1.807, 2.05) is 14.0 Å². The van der Waals surface area contributed by atoms with Gasteiger partial charge in [0.05, 0.1) is 11.1 Å². The number of anilines is 3. The van der Waals surface area contributed by atoms with Crippen molar-refractivity contribution >= 4 is 28.2 Å². The average Bonchev–Trinajstić information content (AvgIpc) is 2.92. The molecule has 7 heteroatoms. The van der Waals surface area contributed by atoms with Crippen molar-refractivity contribution in [1.29, 1.82) is 0 Å². The van der Waals surface area contributed by atoms with Gasteiger partial charge in [0.15, 0.2) is 5.65 Å². The van der Waals surface area contributed by atoms with Gasteiger partial charge in [0.2, 0.25) is 0 Å². The van der Waals surface area contributed by atoms with Gasteiger partial charge in [0, 0.05) is 44.6 Å². The second kappa shape index (κ2) is 6.33. The van der Waals surface area contributed by atoms with E-state index in [4.69, 9.17) is 0 Å². The third-order valence-corrected chi connectivity index (χ3v) is 4.79. The molecule has 3 heterocycles. The van der Waals surface area contributed by atoms with Gasteiger partial charge in [0.1, 0.15) is 12.1 Å². The maximum absolute atomic E-state index is 4.44.